The average Bonchev–Trinajstić information content (AvgIpc) is 2.89. The molecule has 1 atom stereocenters. The standard InChI is InChI=1S/C27H27BrN4O5/c1-2-36-23-14-18(13-21(28)26(23)37-17-24(29)33)16-30-32-25(34)15-22(19-9-5-3-6-10-19)31-27(35)20-11-7-4-8-12-20/h3-14,16,22H,2,15,17H2,1H3,(H2,29,33)(H,31,35)(H,32,34)/b30-16-/t22-/m1/s1. The highest BCUT2D eigenvalue weighted by Gasteiger charge is 2.19. The van der Waals surface area contributed by atoms with E-state index in [1.807, 2.05) is 43.3 Å². The number of carbonyl (C=O) groups excluding carboxylic acids is 3. The second-order valence-corrected chi connectivity index (χ2v) is 8.67. The Kier molecular flexibility index (Phi) is 10.2. The molecule has 0 aliphatic carbocycles. The molecular weight excluding hydrogens is 540 g/mol. The van der Waals surface area contributed by atoms with Gasteiger partial charge in [0.05, 0.1) is 29.8 Å². The normalized spacial score (nSPS) is 11.5. The van der Waals surface area contributed by atoms with Gasteiger partial charge in [0.25, 0.3) is 11.8 Å². The average molecular weight is 567 g/mol. The molecule has 0 spiro atoms. The second kappa shape index (κ2) is 13.8. The van der Waals surface area contributed by atoms with Gasteiger partial charge in [-0.15, -0.1) is 0 Å². The second-order valence-electron chi connectivity index (χ2n) is 7.82. The number of nitrogens with one attached hydrogen (secondary N) is 2. The highest BCUT2D eigenvalue weighted by molar-refractivity contribution is 9.10. The summed E-state index contributed by atoms with van der Waals surface area (Å²) >= 11 is 3.39. The fourth-order valence-electron chi connectivity index (χ4n) is 3.39. The maximum atomic E-state index is 12.7. The lowest BCUT2D eigenvalue weighted by Gasteiger charge is -2.18. The molecule has 0 bridgehead atoms. The number of rotatable bonds is 12. The molecule has 0 unspecified atom stereocenters. The Labute approximate surface area is 223 Å². The van der Waals surface area contributed by atoms with Crippen molar-refractivity contribution in [1.82, 2.24) is 10.7 Å². The van der Waals surface area contributed by atoms with Gasteiger partial charge in [-0.05, 0) is 58.2 Å². The molecule has 0 fully saturated rings. The van der Waals surface area contributed by atoms with Crippen LogP contribution in [0, 0.1) is 0 Å². The molecule has 3 aromatic carbocycles. The topological polar surface area (TPSA) is 132 Å². The molecular formula is C27H27BrN4O5. The Hall–Kier alpha value is -4.18. The zero-order valence-electron chi connectivity index (χ0n) is 20.1. The SMILES string of the molecule is CCOc1cc(/C=N\NC(=O)C[C@@H](NC(=O)c2ccccc2)c2ccccc2)cc(Br)c1OCC(N)=O. The van der Waals surface area contributed by atoms with Crippen molar-refractivity contribution in [2.24, 2.45) is 10.8 Å². The predicted molar refractivity (Wildman–Crippen MR) is 143 cm³/mol. The third-order valence-corrected chi connectivity index (χ3v) is 5.62. The maximum absolute atomic E-state index is 12.7. The van der Waals surface area contributed by atoms with E-state index in [0.717, 1.165) is 5.56 Å². The van der Waals surface area contributed by atoms with Crippen LogP contribution in [0.15, 0.2) is 82.4 Å². The van der Waals surface area contributed by atoms with Gasteiger partial charge in [0.15, 0.2) is 18.1 Å². The van der Waals surface area contributed by atoms with Crippen molar-refractivity contribution < 1.29 is 23.9 Å². The third-order valence-electron chi connectivity index (χ3n) is 5.03. The lowest BCUT2D eigenvalue weighted by Crippen LogP contribution is -2.32. The van der Waals surface area contributed by atoms with Gasteiger partial charge in [0.2, 0.25) is 5.91 Å². The first kappa shape index (κ1) is 27.4. The molecule has 0 saturated carbocycles. The van der Waals surface area contributed by atoms with Gasteiger partial charge in [-0.1, -0.05) is 48.5 Å². The molecule has 4 N–H and O–H groups in total. The van der Waals surface area contributed by atoms with E-state index >= 15 is 0 Å². The number of benzene rings is 3. The van der Waals surface area contributed by atoms with E-state index in [-0.39, 0.29) is 24.8 Å². The highest BCUT2D eigenvalue weighted by atomic mass is 79.9. The highest BCUT2D eigenvalue weighted by Crippen LogP contribution is 2.36. The molecule has 0 aromatic heterocycles. The molecule has 0 heterocycles. The number of hydrazone groups is 1. The fraction of sp³-hybridized carbons (Fsp3) is 0.185. The van der Waals surface area contributed by atoms with Crippen LogP contribution in [0.2, 0.25) is 0 Å². The van der Waals surface area contributed by atoms with E-state index in [1.165, 1.54) is 6.21 Å². The number of ether oxygens (including phenoxy) is 2. The van der Waals surface area contributed by atoms with Crippen LogP contribution in [0.25, 0.3) is 0 Å². The van der Waals surface area contributed by atoms with Crippen LogP contribution < -0.4 is 25.9 Å². The third kappa shape index (κ3) is 8.46. The van der Waals surface area contributed by atoms with Gasteiger partial charge in [-0.2, -0.15) is 5.10 Å². The van der Waals surface area contributed by atoms with Gasteiger partial charge >= 0.3 is 0 Å². The number of nitrogens with two attached hydrogens (primary N) is 1. The zero-order chi connectivity index (χ0) is 26.6. The number of hydrogen-bond donors (Lipinski definition) is 3. The van der Waals surface area contributed by atoms with Gasteiger partial charge in [-0.25, -0.2) is 5.43 Å². The Morgan fingerprint density at radius 1 is 1.03 bits per heavy atom. The van der Waals surface area contributed by atoms with Crippen molar-refractivity contribution in [3.05, 3.63) is 94.0 Å². The zero-order valence-corrected chi connectivity index (χ0v) is 21.7. The molecule has 9 nitrogen and oxygen atoms in total. The minimum atomic E-state index is -0.614. The summed E-state index contributed by atoms with van der Waals surface area (Å²) in [4.78, 5) is 36.5. The Balaban J connectivity index is 1.69. The number of carbonyl (C=O) groups is 3. The fourth-order valence-corrected chi connectivity index (χ4v) is 3.96. The monoisotopic (exact) mass is 566 g/mol. The van der Waals surface area contributed by atoms with Crippen molar-refractivity contribution in [2.75, 3.05) is 13.2 Å². The van der Waals surface area contributed by atoms with E-state index in [4.69, 9.17) is 15.2 Å². The Bertz CT molecular complexity index is 1250. The van der Waals surface area contributed by atoms with Crippen LogP contribution in [0.1, 0.15) is 40.9 Å². The summed E-state index contributed by atoms with van der Waals surface area (Å²) in [6.07, 6.45) is 1.43. The maximum Gasteiger partial charge on any atom is 0.255 e. The summed E-state index contributed by atoms with van der Waals surface area (Å²) in [5.41, 5.74) is 9.57. The smallest absolute Gasteiger partial charge is 0.255 e. The van der Waals surface area contributed by atoms with E-state index in [1.54, 1.807) is 36.4 Å². The van der Waals surface area contributed by atoms with Crippen molar-refractivity contribution in [3.63, 3.8) is 0 Å². The molecule has 3 aromatic rings. The molecule has 192 valence electrons. The van der Waals surface area contributed by atoms with E-state index in [2.05, 4.69) is 31.8 Å². The largest absolute Gasteiger partial charge is 0.490 e. The minimum Gasteiger partial charge on any atom is -0.490 e. The lowest BCUT2D eigenvalue weighted by molar-refractivity contribution is -0.121. The predicted octanol–water partition coefficient (Wildman–Crippen LogP) is 3.72. The summed E-state index contributed by atoms with van der Waals surface area (Å²) in [6, 6.07) is 20.9. The van der Waals surface area contributed by atoms with Crippen molar-refractivity contribution >= 4 is 39.9 Å². The van der Waals surface area contributed by atoms with Crippen LogP contribution in [0.5, 0.6) is 11.5 Å². The quantitative estimate of drug-likeness (QED) is 0.227. The van der Waals surface area contributed by atoms with Crippen molar-refractivity contribution in [3.8, 4) is 11.5 Å². The first-order valence-electron chi connectivity index (χ1n) is 11.5. The minimum absolute atomic E-state index is 0.0201. The van der Waals surface area contributed by atoms with Crippen LogP contribution in [0.4, 0.5) is 0 Å². The van der Waals surface area contributed by atoms with Gasteiger partial charge in [0.1, 0.15) is 0 Å². The Morgan fingerprint density at radius 3 is 2.35 bits per heavy atom. The number of nitrogens with zero attached hydrogens (tertiary/aromatic N) is 1. The van der Waals surface area contributed by atoms with Crippen molar-refractivity contribution in [2.45, 2.75) is 19.4 Å². The van der Waals surface area contributed by atoms with Crippen LogP contribution in [0.3, 0.4) is 0 Å². The van der Waals surface area contributed by atoms with E-state index < -0.39 is 11.9 Å². The van der Waals surface area contributed by atoms with Gasteiger partial charge in [-0.3, -0.25) is 14.4 Å². The summed E-state index contributed by atoms with van der Waals surface area (Å²) in [7, 11) is 0. The van der Waals surface area contributed by atoms with Crippen LogP contribution in [-0.2, 0) is 9.59 Å². The summed E-state index contributed by atoms with van der Waals surface area (Å²) in [5.74, 6) is -0.557. The number of primary amides is 1. The molecule has 3 amide bonds. The summed E-state index contributed by atoms with van der Waals surface area (Å²) in [5, 5.41) is 6.97. The summed E-state index contributed by atoms with van der Waals surface area (Å²) < 4.78 is 11.6. The van der Waals surface area contributed by atoms with Crippen LogP contribution in [-0.4, -0.2) is 37.1 Å². The first-order valence-corrected chi connectivity index (χ1v) is 12.3. The summed E-state index contributed by atoms with van der Waals surface area (Å²) in [6.45, 7) is 1.88. The number of hydrogen-bond acceptors (Lipinski definition) is 6. The van der Waals surface area contributed by atoms with Crippen LogP contribution >= 0.6 is 15.9 Å². The van der Waals surface area contributed by atoms with Gasteiger partial charge in [0, 0.05) is 5.56 Å². The molecule has 10 heteroatoms. The molecule has 0 saturated heterocycles. The first-order chi connectivity index (χ1) is 17.9. The lowest BCUT2D eigenvalue weighted by atomic mass is 10.0. The van der Waals surface area contributed by atoms with E-state index in [9.17, 15) is 14.4 Å². The molecule has 0 aliphatic heterocycles. The van der Waals surface area contributed by atoms with Crippen molar-refractivity contribution in [1.29, 1.82) is 0 Å². The number of amides is 3. The molecule has 3 rings (SSSR count). The Morgan fingerprint density at radius 2 is 1.70 bits per heavy atom. The molecule has 0 aliphatic rings. The number of halogens is 1. The van der Waals surface area contributed by atoms with Gasteiger partial charge < -0.3 is 20.5 Å². The molecule has 0 radical (unpaired) electrons. The molecule has 37 heavy (non-hydrogen) atoms. The van der Waals surface area contributed by atoms with E-state index in [0.29, 0.717) is 33.7 Å².